The van der Waals surface area contributed by atoms with E-state index < -0.39 is 36.7 Å². The summed E-state index contributed by atoms with van der Waals surface area (Å²) in [7, 11) is 0. The number of amides is 1. The summed E-state index contributed by atoms with van der Waals surface area (Å²) in [6, 6.07) is 10.9. The first-order valence-corrected chi connectivity index (χ1v) is 12.7. The van der Waals surface area contributed by atoms with Gasteiger partial charge in [-0.3, -0.25) is 9.79 Å². The number of rotatable bonds is 14. The Morgan fingerprint density at radius 2 is 1.69 bits per heavy atom. The highest BCUT2D eigenvalue weighted by Gasteiger charge is 2.29. The smallest absolute Gasteiger partial charge is 0.422 e. The molecule has 17 heteroatoms. The number of anilines is 3. The number of aliphatic carboxylic acids is 1. The molecule has 0 bridgehead atoms. The molecule has 3 aromatic rings. The number of nitrogens with two attached hydrogens (primary N) is 2. The number of aromatic nitrogens is 3. The summed E-state index contributed by atoms with van der Waals surface area (Å²) >= 11 is 5.89. The van der Waals surface area contributed by atoms with Crippen molar-refractivity contribution in [2.45, 2.75) is 31.6 Å². The van der Waals surface area contributed by atoms with Gasteiger partial charge in [0.05, 0.1) is 0 Å². The lowest BCUT2D eigenvalue weighted by atomic mass is 10.1. The van der Waals surface area contributed by atoms with E-state index in [1.165, 1.54) is 24.3 Å². The standard InChI is InChI=1S/C25H27ClF3N9O4/c26-16-7-3-14(4-8-16)12-33-22-36-23(38-24(37-22)42-13-25(27,28)29)34-17-9-5-15(6-10-17)19(39)35-18(20(40)41)2-1-11-32-21(30)31/h3-10,18H,1-2,11-13H2,(H,35,39)(H,40,41)(H4,30,31,32)(H2,33,34,36,37,38)/t18-/m0/s1. The number of alkyl halides is 3. The van der Waals surface area contributed by atoms with Crippen molar-refractivity contribution in [3.8, 4) is 6.01 Å². The summed E-state index contributed by atoms with van der Waals surface area (Å²) in [5, 5.41) is 18.1. The molecule has 0 unspecified atom stereocenters. The highest BCUT2D eigenvalue weighted by Crippen LogP contribution is 2.21. The number of benzene rings is 2. The lowest BCUT2D eigenvalue weighted by molar-refractivity contribution is -0.154. The van der Waals surface area contributed by atoms with Crippen molar-refractivity contribution in [1.29, 1.82) is 0 Å². The van der Waals surface area contributed by atoms with E-state index in [9.17, 15) is 27.9 Å². The molecule has 8 N–H and O–H groups in total. The molecule has 0 spiro atoms. The predicted molar refractivity (Wildman–Crippen MR) is 149 cm³/mol. The van der Waals surface area contributed by atoms with E-state index in [2.05, 4.69) is 35.9 Å². The fourth-order valence-corrected chi connectivity index (χ4v) is 3.45. The molecule has 0 aliphatic rings. The number of hydrogen-bond donors (Lipinski definition) is 6. The van der Waals surface area contributed by atoms with Crippen LogP contribution >= 0.6 is 11.6 Å². The van der Waals surface area contributed by atoms with Crippen LogP contribution in [-0.2, 0) is 11.3 Å². The quantitative estimate of drug-likeness (QED) is 0.0890. The van der Waals surface area contributed by atoms with Gasteiger partial charge in [-0.15, -0.1) is 0 Å². The van der Waals surface area contributed by atoms with Gasteiger partial charge in [-0.05, 0) is 54.8 Å². The Labute approximate surface area is 242 Å². The zero-order chi connectivity index (χ0) is 30.7. The predicted octanol–water partition coefficient (Wildman–Crippen LogP) is 3.06. The maximum Gasteiger partial charge on any atom is 0.422 e. The molecule has 3 rings (SSSR count). The van der Waals surface area contributed by atoms with Crippen LogP contribution in [0.25, 0.3) is 0 Å². The third-order valence-corrected chi connectivity index (χ3v) is 5.55. The average Bonchev–Trinajstić information content (AvgIpc) is 2.93. The van der Waals surface area contributed by atoms with Gasteiger partial charge >= 0.3 is 18.2 Å². The second-order valence-electron chi connectivity index (χ2n) is 8.66. The Balaban J connectivity index is 1.69. The monoisotopic (exact) mass is 609 g/mol. The van der Waals surface area contributed by atoms with Crippen molar-refractivity contribution < 1.29 is 32.6 Å². The molecule has 2 aromatic carbocycles. The van der Waals surface area contributed by atoms with Crippen molar-refractivity contribution in [2.75, 3.05) is 23.8 Å². The molecule has 0 saturated carbocycles. The number of nitrogens with zero attached hydrogens (tertiary/aromatic N) is 4. The van der Waals surface area contributed by atoms with E-state index in [1.54, 1.807) is 24.3 Å². The van der Waals surface area contributed by atoms with Crippen LogP contribution in [0.15, 0.2) is 53.5 Å². The highest BCUT2D eigenvalue weighted by atomic mass is 35.5. The van der Waals surface area contributed by atoms with Gasteiger partial charge in [0.25, 0.3) is 5.91 Å². The van der Waals surface area contributed by atoms with Gasteiger partial charge in [-0.25, -0.2) is 4.79 Å². The van der Waals surface area contributed by atoms with Crippen LogP contribution in [0.4, 0.5) is 30.8 Å². The summed E-state index contributed by atoms with van der Waals surface area (Å²) < 4.78 is 42.8. The van der Waals surface area contributed by atoms with Crippen molar-refractivity contribution >= 4 is 47.0 Å². The van der Waals surface area contributed by atoms with E-state index in [-0.39, 0.29) is 42.9 Å². The number of hydrogen-bond acceptors (Lipinski definition) is 9. The Morgan fingerprint density at radius 1 is 1.02 bits per heavy atom. The molecule has 0 aliphatic carbocycles. The highest BCUT2D eigenvalue weighted by molar-refractivity contribution is 6.30. The maximum absolute atomic E-state index is 12.7. The van der Waals surface area contributed by atoms with Gasteiger partial charge in [0, 0.05) is 29.4 Å². The Bertz CT molecular complexity index is 1390. The van der Waals surface area contributed by atoms with Gasteiger partial charge in [-0.2, -0.15) is 28.1 Å². The molecule has 1 aromatic heterocycles. The Hall–Kier alpha value is -4.86. The zero-order valence-corrected chi connectivity index (χ0v) is 22.6. The minimum atomic E-state index is -4.61. The molecule has 224 valence electrons. The molecule has 42 heavy (non-hydrogen) atoms. The van der Waals surface area contributed by atoms with E-state index in [0.717, 1.165) is 5.56 Å². The molecule has 1 atom stereocenters. The van der Waals surface area contributed by atoms with Gasteiger partial charge in [-0.1, -0.05) is 23.7 Å². The van der Waals surface area contributed by atoms with Crippen LogP contribution in [0.2, 0.25) is 5.02 Å². The van der Waals surface area contributed by atoms with Crippen LogP contribution in [0.3, 0.4) is 0 Å². The number of aliphatic imine (C=N–C) groups is 1. The molecule has 13 nitrogen and oxygen atoms in total. The SMILES string of the molecule is NC(N)=NCCC[C@H](NC(=O)c1ccc(Nc2nc(NCc3ccc(Cl)cc3)nc(OCC(F)(F)F)n2)cc1)C(=O)O. The van der Waals surface area contributed by atoms with Crippen molar-refractivity contribution in [1.82, 2.24) is 20.3 Å². The average molecular weight is 610 g/mol. The first kappa shape index (κ1) is 31.7. The molecular formula is C25H27ClF3N9O4. The summed E-state index contributed by atoms with van der Waals surface area (Å²) in [6.45, 7) is -1.17. The number of carbonyl (C=O) groups excluding carboxylic acids is 1. The fraction of sp³-hybridized carbons (Fsp3) is 0.280. The third-order valence-electron chi connectivity index (χ3n) is 5.30. The number of carboxylic acid groups (broad SMARTS) is 1. The molecular weight excluding hydrogens is 583 g/mol. The summed E-state index contributed by atoms with van der Waals surface area (Å²) in [4.78, 5) is 39.8. The van der Waals surface area contributed by atoms with E-state index in [0.29, 0.717) is 17.1 Å². The maximum atomic E-state index is 12.7. The van der Waals surface area contributed by atoms with Crippen LogP contribution in [0, 0.1) is 0 Å². The molecule has 0 fully saturated rings. The normalized spacial score (nSPS) is 11.7. The minimum absolute atomic E-state index is 0.0600. The summed E-state index contributed by atoms with van der Waals surface area (Å²) in [5.74, 6) is -2.16. The number of halogens is 4. The van der Waals surface area contributed by atoms with Crippen LogP contribution in [0.5, 0.6) is 6.01 Å². The van der Waals surface area contributed by atoms with Crippen LogP contribution in [0.1, 0.15) is 28.8 Å². The van der Waals surface area contributed by atoms with E-state index >= 15 is 0 Å². The number of carbonyl (C=O) groups is 2. The van der Waals surface area contributed by atoms with Crippen molar-refractivity contribution in [3.63, 3.8) is 0 Å². The number of ether oxygens (including phenoxy) is 1. The topological polar surface area (TPSA) is 203 Å². The number of carboxylic acids is 1. The van der Waals surface area contributed by atoms with E-state index in [4.69, 9.17) is 27.8 Å². The second kappa shape index (κ2) is 14.7. The van der Waals surface area contributed by atoms with Crippen LogP contribution < -0.4 is 32.2 Å². The largest absolute Gasteiger partial charge is 0.480 e. The van der Waals surface area contributed by atoms with Crippen molar-refractivity contribution in [3.05, 3.63) is 64.7 Å². The van der Waals surface area contributed by atoms with Crippen LogP contribution in [-0.4, -0.2) is 63.3 Å². The zero-order valence-electron chi connectivity index (χ0n) is 21.9. The minimum Gasteiger partial charge on any atom is -0.480 e. The first-order chi connectivity index (χ1) is 19.9. The number of nitrogens with one attached hydrogen (secondary N) is 3. The van der Waals surface area contributed by atoms with Gasteiger partial charge in [0.15, 0.2) is 12.6 Å². The van der Waals surface area contributed by atoms with Gasteiger partial charge in [0.2, 0.25) is 11.9 Å². The fourth-order valence-electron chi connectivity index (χ4n) is 3.32. The lowest BCUT2D eigenvalue weighted by Crippen LogP contribution is -2.40. The second-order valence-corrected chi connectivity index (χ2v) is 9.10. The lowest BCUT2D eigenvalue weighted by Gasteiger charge is -2.14. The van der Waals surface area contributed by atoms with Gasteiger partial charge < -0.3 is 37.3 Å². The molecule has 0 radical (unpaired) electrons. The number of guanidine groups is 1. The summed E-state index contributed by atoms with van der Waals surface area (Å²) in [5.41, 5.74) is 11.8. The van der Waals surface area contributed by atoms with Crippen molar-refractivity contribution in [2.24, 2.45) is 16.5 Å². The molecule has 1 heterocycles. The van der Waals surface area contributed by atoms with E-state index in [1.807, 2.05) is 0 Å². The Morgan fingerprint density at radius 3 is 2.31 bits per heavy atom. The molecule has 0 aliphatic heterocycles. The molecule has 1 amide bonds. The third kappa shape index (κ3) is 11.0. The molecule has 0 saturated heterocycles. The van der Waals surface area contributed by atoms with Gasteiger partial charge in [0.1, 0.15) is 6.04 Å². The Kier molecular flexibility index (Phi) is 11.1. The first-order valence-electron chi connectivity index (χ1n) is 12.3. The summed E-state index contributed by atoms with van der Waals surface area (Å²) in [6.07, 6.45) is -4.18.